The minimum Gasteiger partial charge on any atom is -0.481 e. The molecule has 0 fully saturated rings. The number of hydrogen-bond acceptors (Lipinski definition) is 8. The lowest BCUT2D eigenvalue weighted by molar-refractivity contribution is -0.144. The molecular formula is C21H38N2O7S. The molecule has 0 saturated heterocycles. The molecule has 0 aromatic carbocycles. The molecule has 0 aliphatic heterocycles. The van der Waals surface area contributed by atoms with Crippen LogP contribution in [0, 0.1) is 5.92 Å². The average Bonchev–Trinajstić information content (AvgIpc) is 2.69. The first kappa shape index (κ1) is 29.5. The summed E-state index contributed by atoms with van der Waals surface area (Å²) in [6.07, 6.45) is 2.77. The Bertz CT molecular complexity index is 564. The van der Waals surface area contributed by atoms with E-state index in [0.717, 1.165) is 11.8 Å². The van der Waals surface area contributed by atoms with Gasteiger partial charge in [-0.3, -0.25) is 19.2 Å². The van der Waals surface area contributed by atoms with Gasteiger partial charge in [0.15, 0.2) is 0 Å². The third-order valence-electron chi connectivity index (χ3n) is 4.22. The van der Waals surface area contributed by atoms with E-state index in [1.807, 2.05) is 20.8 Å². The number of ketones is 1. The summed E-state index contributed by atoms with van der Waals surface area (Å²) in [5.41, 5.74) is -0.0207. The molecule has 1 amide bonds. The summed E-state index contributed by atoms with van der Waals surface area (Å²) in [7, 11) is 0. The van der Waals surface area contributed by atoms with Crippen LogP contribution in [0.1, 0.15) is 52.9 Å². The monoisotopic (exact) mass is 462 g/mol. The van der Waals surface area contributed by atoms with Crippen molar-refractivity contribution in [2.45, 2.75) is 58.4 Å². The summed E-state index contributed by atoms with van der Waals surface area (Å²) in [6.45, 7) is 8.04. The van der Waals surface area contributed by atoms with E-state index < -0.39 is 11.9 Å². The van der Waals surface area contributed by atoms with Crippen LogP contribution in [0.3, 0.4) is 0 Å². The zero-order valence-corrected chi connectivity index (χ0v) is 20.0. The fraction of sp³-hybridized carbons (Fsp3) is 0.810. The lowest BCUT2D eigenvalue weighted by Gasteiger charge is -2.20. The number of hydrogen-bond donors (Lipinski definition) is 3. The van der Waals surface area contributed by atoms with Crippen molar-refractivity contribution in [3.63, 3.8) is 0 Å². The van der Waals surface area contributed by atoms with Crippen molar-refractivity contribution in [3.8, 4) is 0 Å². The van der Waals surface area contributed by atoms with Gasteiger partial charge >= 0.3 is 5.97 Å². The van der Waals surface area contributed by atoms with E-state index in [4.69, 9.17) is 9.47 Å². The minimum absolute atomic E-state index is 0.0207. The maximum absolute atomic E-state index is 12.1. The number of Topliss-reactive ketones (excluding diaryl/α,β-unsaturated/α-hetero) is 1. The van der Waals surface area contributed by atoms with Crippen molar-refractivity contribution in [1.82, 2.24) is 10.6 Å². The summed E-state index contributed by atoms with van der Waals surface area (Å²) >= 11 is 1.11. The Balaban J connectivity index is 3.90. The first-order valence-electron chi connectivity index (χ1n) is 10.5. The fourth-order valence-corrected chi connectivity index (χ4v) is 2.73. The van der Waals surface area contributed by atoms with E-state index in [0.29, 0.717) is 39.1 Å². The second-order valence-electron chi connectivity index (χ2n) is 8.19. The van der Waals surface area contributed by atoms with Gasteiger partial charge in [-0.05, 0) is 46.4 Å². The standard InChI is InChI=1S/C21H38N2O7S/c1-21(2,3)23-9-5-6-17(24)14-16(20(27)28)7-8-18(25)22-10-11-29-12-13-30-15-19(26)31-4/h16,23H,5-15H2,1-4H3,(H,22,25)(H,27,28)/t16-/m1/s1. The number of nitrogens with one attached hydrogen (secondary N) is 2. The molecule has 0 spiro atoms. The van der Waals surface area contributed by atoms with Crippen LogP contribution in [0.25, 0.3) is 0 Å². The summed E-state index contributed by atoms with van der Waals surface area (Å²) in [4.78, 5) is 46.4. The van der Waals surface area contributed by atoms with Gasteiger partial charge in [-0.15, -0.1) is 0 Å². The van der Waals surface area contributed by atoms with E-state index in [9.17, 15) is 24.3 Å². The molecule has 0 aromatic rings. The predicted octanol–water partition coefficient (Wildman–Crippen LogP) is 1.63. The van der Waals surface area contributed by atoms with E-state index in [1.54, 1.807) is 6.26 Å². The molecular weight excluding hydrogens is 424 g/mol. The van der Waals surface area contributed by atoms with Crippen molar-refractivity contribution >= 4 is 34.5 Å². The maximum Gasteiger partial charge on any atom is 0.306 e. The van der Waals surface area contributed by atoms with Gasteiger partial charge in [-0.1, -0.05) is 11.8 Å². The number of carbonyl (C=O) groups is 4. The van der Waals surface area contributed by atoms with Crippen LogP contribution in [0.5, 0.6) is 0 Å². The van der Waals surface area contributed by atoms with Crippen LogP contribution in [0.4, 0.5) is 0 Å². The molecule has 9 nitrogen and oxygen atoms in total. The maximum atomic E-state index is 12.1. The zero-order valence-electron chi connectivity index (χ0n) is 19.2. The van der Waals surface area contributed by atoms with E-state index in [-0.39, 0.29) is 54.8 Å². The van der Waals surface area contributed by atoms with Gasteiger partial charge in [0.25, 0.3) is 0 Å². The molecule has 0 rings (SSSR count). The molecule has 0 radical (unpaired) electrons. The highest BCUT2D eigenvalue weighted by Gasteiger charge is 2.22. The average molecular weight is 463 g/mol. The highest BCUT2D eigenvalue weighted by Crippen LogP contribution is 2.14. The van der Waals surface area contributed by atoms with E-state index >= 15 is 0 Å². The molecule has 0 aliphatic carbocycles. The number of rotatable bonds is 18. The lowest BCUT2D eigenvalue weighted by Crippen LogP contribution is -2.36. The van der Waals surface area contributed by atoms with Crippen LogP contribution in [-0.4, -0.2) is 79.2 Å². The number of carboxylic acid groups (broad SMARTS) is 1. The van der Waals surface area contributed by atoms with Gasteiger partial charge in [0.1, 0.15) is 12.4 Å². The SMILES string of the molecule is CSC(=O)COCCOCCNC(=O)CC[C@H](CC(=O)CCCNC(C)(C)C)C(=O)O. The first-order chi connectivity index (χ1) is 14.5. The van der Waals surface area contributed by atoms with Gasteiger partial charge in [-0.2, -0.15) is 0 Å². The Labute approximate surface area is 189 Å². The second-order valence-corrected chi connectivity index (χ2v) is 9.05. The predicted molar refractivity (Wildman–Crippen MR) is 120 cm³/mol. The molecule has 10 heteroatoms. The number of amides is 1. The summed E-state index contributed by atoms with van der Waals surface area (Å²) in [6, 6.07) is 0. The van der Waals surface area contributed by atoms with Gasteiger partial charge in [0.2, 0.25) is 11.0 Å². The quantitative estimate of drug-likeness (QED) is 0.260. The van der Waals surface area contributed by atoms with Gasteiger partial charge in [0, 0.05) is 31.3 Å². The number of carboxylic acids is 1. The number of thioether (sulfide) groups is 1. The van der Waals surface area contributed by atoms with Crippen LogP contribution < -0.4 is 10.6 Å². The molecule has 0 saturated carbocycles. The van der Waals surface area contributed by atoms with E-state index in [1.165, 1.54) is 0 Å². The molecule has 0 heterocycles. The third-order valence-corrected chi connectivity index (χ3v) is 4.79. The first-order valence-corrected chi connectivity index (χ1v) is 11.8. The van der Waals surface area contributed by atoms with Crippen molar-refractivity contribution in [1.29, 1.82) is 0 Å². The Morgan fingerprint density at radius 1 is 1.00 bits per heavy atom. The Morgan fingerprint density at radius 3 is 2.29 bits per heavy atom. The highest BCUT2D eigenvalue weighted by molar-refractivity contribution is 8.13. The second kappa shape index (κ2) is 17.1. The van der Waals surface area contributed by atoms with Crippen molar-refractivity contribution in [3.05, 3.63) is 0 Å². The van der Waals surface area contributed by atoms with Crippen molar-refractivity contribution in [2.75, 3.05) is 45.8 Å². The Hall–Kier alpha value is -1.49. The van der Waals surface area contributed by atoms with Crippen molar-refractivity contribution < 1.29 is 33.8 Å². The topological polar surface area (TPSA) is 131 Å². The molecule has 31 heavy (non-hydrogen) atoms. The zero-order chi connectivity index (χ0) is 23.7. The molecule has 1 atom stereocenters. The minimum atomic E-state index is -1.06. The van der Waals surface area contributed by atoms with Crippen LogP contribution in [-0.2, 0) is 28.7 Å². The van der Waals surface area contributed by atoms with Crippen LogP contribution in [0.15, 0.2) is 0 Å². The van der Waals surface area contributed by atoms with Crippen LogP contribution in [0.2, 0.25) is 0 Å². The summed E-state index contributed by atoms with van der Waals surface area (Å²) in [5.74, 6) is -2.29. The smallest absolute Gasteiger partial charge is 0.306 e. The highest BCUT2D eigenvalue weighted by atomic mass is 32.2. The number of carbonyl (C=O) groups excluding carboxylic acids is 3. The van der Waals surface area contributed by atoms with Crippen LogP contribution >= 0.6 is 11.8 Å². The lowest BCUT2D eigenvalue weighted by atomic mass is 9.95. The molecule has 0 bridgehead atoms. The summed E-state index contributed by atoms with van der Waals surface area (Å²) < 4.78 is 10.4. The largest absolute Gasteiger partial charge is 0.481 e. The Morgan fingerprint density at radius 2 is 1.68 bits per heavy atom. The molecule has 3 N–H and O–H groups in total. The molecule has 0 unspecified atom stereocenters. The normalized spacial score (nSPS) is 12.4. The molecule has 180 valence electrons. The van der Waals surface area contributed by atoms with Gasteiger partial charge < -0.3 is 25.2 Å². The Kier molecular flexibility index (Phi) is 16.3. The van der Waals surface area contributed by atoms with Gasteiger partial charge in [0.05, 0.1) is 25.7 Å². The molecule has 0 aliphatic rings. The molecule has 0 aromatic heterocycles. The number of aliphatic carboxylic acids is 1. The van der Waals surface area contributed by atoms with Crippen molar-refractivity contribution in [2.24, 2.45) is 5.92 Å². The van der Waals surface area contributed by atoms with E-state index in [2.05, 4.69) is 10.6 Å². The fourth-order valence-electron chi connectivity index (χ4n) is 2.53. The van der Waals surface area contributed by atoms with Gasteiger partial charge in [-0.25, -0.2) is 0 Å². The number of ether oxygens (including phenoxy) is 2. The third kappa shape index (κ3) is 19.0. The summed E-state index contributed by atoms with van der Waals surface area (Å²) in [5, 5.41) is 15.2.